The molecule has 2 fully saturated rings. The number of aryl methyl sites for hydroxylation is 2. The normalized spacial score (nSPS) is 16.0. The van der Waals surface area contributed by atoms with E-state index >= 15 is 0 Å². The molecule has 1 aliphatic carbocycles. The summed E-state index contributed by atoms with van der Waals surface area (Å²) in [5.41, 5.74) is 5.20. The van der Waals surface area contributed by atoms with Crippen LogP contribution in [0.3, 0.4) is 0 Å². The number of benzene rings is 1. The molecule has 4 aromatic rings. The van der Waals surface area contributed by atoms with Crippen LogP contribution in [0, 0.1) is 6.92 Å². The molecule has 0 atom stereocenters. The number of rotatable bonds is 6. The number of hydrogen-bond acceptors (Lipinski definition) is 9. The summed E-state index contributed by atoms with van der Waals surface area (Å²) in [7, 11) is 3.29. The third-order valence-electron chi connectivity index (χ3n) is 7.94. The number of para-hydroxylation sites is 1. The number of imidazole rings is 1. The van der Waals surface area contributed by atoms with E-state index in [1.54, 1.807) is 11.2 Å². The van der Waals surface area contributed by atoms with Crippen LogP contribution in [-0.4, -0.2) is 72.1 Å². The second kappa shape index (κ2) is 11.0. The Kier molecular flexibility index (Phi) is 7.31. The monoisotopic (exact) mass is 586 g/mol. The zero-order chi connectivity index (χ0) is 30.5. The average molecular weight is 587 g/mol. The molecule has 2 aliphatic rings. The molecule has 12 heteroatoms. The van der Waals surface area contributed by atoms with Gasteiger partial charge in [0.1, 0.15) is 5.60 Å². The summed E-state index contributed by atoms with van der Waals surface area (Å²) >= 11 is 0. The van der Waals surface area contributed by atoms with Crippen LogP contribution in [0.15, 0.2) is 30.7 Å². The molecular weight excluding hydrogens is 548 g/mol. The molecule has 6 rings (SSSR count). The number of likely N-dealkylation sites (tertiary alicyclic amines) is 1. The maximum Gasteiger partial charge on any atom is 0.410 e. The average Bonchev–Trinajstić information content (AvgIpc) is 3.67. The number of carbonyl (C=O) groups excluding carboxylic acids is 2. The number of carbonyl (C=O) groups is 2. The predicted octanol–water partition coefficient (Wildman–Crippen LogP) is 5.51. The molecule has 1 aromatic carbocycles. The number of fused-ring (bicyclic) bond motifs is 1. The zero-order valence-electron chi connectivity index (χ0n) is 25.5. The van der Waals surface area contributed by atoms with Crippen LogP contribution in [0.1, 0.15) is 80.3 Å². The number of aromatic nitrogens is 6. The summed E-state index contributed by atoms with van der Waals surface area (Å²) in [4.78, 5) is 41.8. The van der Waals surface area contributed by atoms with Gasteiger partial charge in [0.2, 0.25) is 0 Å². The summed E-state index contributed by atoms with van der Waals surface area (Å²) in [6, 6.07) is 6.08. The molecule has 1 saturated carbocycles. The predicted molar refractivity (Wildman–Crippen MR) is 161 cm³/mol. The molecule has 3 aromatic heterocycles. The first-order valence-electron chi connectivity index (χ1n) is 14.7. The number of ether oxygens (including phenoxy) is 2. The molecule has 1 aliphatic heterocycles. The number of anilines is 2. The van der Waals surface area contributed by atoms with E-state index in [9.17, 15) is 9.59 Å². The Morgan fingerprint density at radius 2 is 1.81 bits per heavy atom. The van der Waals surface area contributed by atoms with Gasteiger partial charge in [0.25, 0.3) is 0 Å². The molecule has 0 bridgehead atoms. The standard InChI is InChI=1S/C31H38N8O4/c1-18-22(16-39(36-18)20-12-14-38(15-13-20)30(41)43-31(2,3)4)33-28-27(29(40)42-6)34-26(24(35-28)19-10-11-19)21-8-7-9-23-25(21)32-17-37(23)5/h7-9,16-17,19-20H,10-15H2,1-6H3,(H,33,35). The van der Waals surface area contributed by atoms with Crippen LogP contribution >= 0.6 is 0 Å². The van der Waals surface area contributed by atoms with Crippen LogP contribution < -0.4 is 5.32 Å². The molecule has 12 nitrogen and oxygen atoms in total. The zero-order valence-corrected chi connectivity index (χ0v) is 25.5. The Hall–Kier alpha value is -4.48. The van der Waals surface area contributed by atoms with Gasteiger partial charge in [0.05, 0.1) is 53.3 Å². The summed E-state index contributed by atoms with van der Waals surface area (Å²) in [6.07, 6.45) is 6.96. The van der Waals surface area contributed by atoms with E-state index in [-0.39, 0.29) is 23.7 Å². The fourth-order valence-corrected chi connectivity index (χ4v) is 5.52. The molecule has 226 valence electrons. The number of amides is 1. The van der Waals surface area contributed by atoms with E-state index in [1.165, 1.54) is 7.11 Å². The van der Waals surface area contributed by atoms with Crippen molar-refractivity contribution in [1.29, 1.82) is 0 Å². The fourth-order valence-electron chi connectivity index (χ4n) is 5.52. The summed E-state index contributed by atoms with van der Waals surface area (Å²) in [5, 5.41) is 8.12. The molecular formula is C31H38N8O4. The lowest BCUT2D eigenvalue weighted by Gasteiger charge is -2.33. The number of hydrogen-bond donors (Lipinski definition) is 1. The van der Waals surface area contributed by atoms with Crippen molar-refractivity contribution in [2.45, 2.75) is 70.9 Å². The Morgan fingerprint density at radius 1 is 1.07 bits per heavy atom. The highest BCUT2D eigenvalue weighted by Crippen LogP contribution is 2.45. The molecule has 0 spiro atoms. The highest BCUT2D eigenvalue weighted by molar-refractivity contribution is 5.96. The minimum absolute atomic E-state index is 0.104. The van der Waals surface area contributed by atoms with E-state index < -0.39 is 11.6 Å². The molecule has 0 unspecified atom stereocenters. The Morgan fingerprint density at radius 3 is 2.49 bits per heavy atom. The van der Waals surface area contributed by atoms with Gasteiger partial charge in [-0.3, -0.25) is 4.68 Å². The van der Waals surface area contributed by atoms with Gasteiger partial charge < -0.3 is 24.3 Å². The summed E-state index contributed by atoms with van der Waals surface area (Å²) < 4.78 is 14.6. The number of piperidine rings is 1. The first kappa shape index (κ1) is 28.6. The molecule has 1 amide bonds. The number of nitrogens with zero attached hydrogens (tertiary/aromatic N) is 7. The number of esters is 1. The lowest BCUT2D eigenvalue weighted by atomic mass is 10.0. The third kappa shape index (κ3) is 5.78. The van der Waals surface area contributed by atoms with Gasteiger partial charge >= 0.3 is 12.1 Å². The molecule has 1 saturated heterocycles. The number of nitrogens with one attached hydrogen (secondary N) is 1. The Balaban J connectivity index is 1.29. The van der Waals surface area contributed by atoms with Crippen molar-refractivity contribution in [3.8, 4) is 11.3 Å². The minimum Gasteiger partial charge on any atom is -0.464 e. The highest BCUT2D eigenvalue weighted by Gasteiger charge is 2.33. The quantitative estimate of drug-likeness (QED) is 0.291. The molecule has 43 heavy (non-hydrogen) atoms. The second-order valence-electron chi connectivity index (χ2n) is 12.4. The van der Waals surface area contributed by atoms with Crippen LogP contribution in [-0.2, 0) is 16.5 Å². The van der Waals surface area contributed by atoms with Crippen LogP contribution in [0.4, 0.5) is 16.3 Å². The molecule has 1 N–H and O–H groups in total. The maximum atomic E-state index is 13.0. The SMILES string of the molecule is COC(=O)c1nc(-c2cccc3c2ncn3C)c(C2CC2)nc1Nc1cn(C2CCN(C(=O)OC(C)(C)C)CC2)nc1C. The summed E-state index contributed by atoms with van der Waals surface area (Å²) in [5.74, 6) is 0.0205. The Labute approximate surface area is 250 Å². The van der Waals surface area contributed by atoms with Gasteiger partial charge in [0, 0.05) is 37.8 Å². The first-order chi connectivity index (χ1) is 20.5. The highest BCUT2D eigenvalue weighted by atomic mass is 16.6. The van der Waals surface area contributed by atoms with E-state index in [1.807, 2.05) is 68.4 Å². The first-order valence-corrected chi connectivity index (χ1v) is 14.7. The van der Waals surface area contributed by atoms with E-state index in [2.05, 4.69) is 10.3 Å². The second-order valence-corrected chi connectivity index (χ2v) is 12.4. The van der Waals surface area contributed by atoms with Crippen molar-refractivity contribution in [2.75, 3.05) is 25.5 Å². The van der Waals surface area contributed by atoms with E-state index in [4.69, 9.17) is 24.5 Å². The van der Waals surface area contributed by atoms with Gasteiger partial charge in [-0.1, -0.05) is 12.1 Å². The van der Waals surface area contributed by atoms with E-state index in [0.717, 1.165) is 59.4 Å². The smallest absolute Gasteiger partial charge is 0.410 e. The van der Waals surface area contributed by atoms with Crippen LogP contribution in [0.2, 0.25) is 0 Å². The third-order valence-corrected chi connectivity index (χ3v) is 7.94. The minimum atomic E-state index is -0.577. The van der Waals surface area contributed by atoms with E-state index in [0.29, 0.717) is 24.6 Å². The van der Waals surface area contributed by atoms with Gasteiger partial charge in [-0.15, -0.1) is 0 Å². The lowest BCUT2D eigenvalue weighted by molar-refractivity contribution is 0.0184. The summed E-state index contributed by atoms with van der Waals surface area (Å²) in [6.45, 7) is 8.71. The van der Waals surface area contributed by atoms with Crippen LogP contribution in [0.25, 0.3) is 22.3 Å². The molecule has 4 heterocycles. The van der Waals surface area contributed by atoms with Crippen molar-refractivity contribution in [1.82, 2.24) is 34.2 Å². The van der Waals surface area contributed by atoms with Crippen molar-refractivity contribution in [3.05, 3.63) is 47.8 Å². The van der Waals surface area contributed by atoms with Crippen molar-refractivity contribution in [2.24, 2.45) is 7.05 Å². The van der Waals surface area contributed by atoms with Crippen molar-refractivity contribution in [3.63, 3.8) is 0 Å². The van der Waals surface area contributed by atoms with Gasteiger partial charge in [-0.25, -0.2) is 24.5 Å². The fraction of sp³-hybridized carbons (Fsp3) is 0.484. The van der Waals surface area contributed by atoms with Crippen molar-refractivity contribution < 1.29 is 19.1 Å². The van der Waals surface area contributed by atoms with Crippen LogP contribution in [0.5, 0.6) is 0 Å². The van der Waals surface area contributed by atoms with Gasteiger partial charge in [-0.05, 0) is 59.4 Å². The maximum absolute atomic E-state index is 13.0. The topological polar surface area (TPSA) is 129 Å². The number of methoxy groups -OCH3 is 1. The molecule has 0 radical (unpaired) electrons. The lowest BCUT2D eigenvalue weighted by Crippen LogP contribution is -2.42. The largest absolute Gasteiger partial charge is 0.464 e. The van der Waals surface area contributed by atoms with Gasteiger partial charge in [0.15, 0.2) is 11.5 Å². The van der Waals surface area contributed by atoms with Crippen molar-refractivity contribution >= 4 is 34.6 Å². The van der Waals surface area contributed by atoms with Gasteiger partial charge in [-0.2, -0.15) is 5.10 Å². The Bertz CT molecular complexity index is 1690.